The van der Waals surface area contributed by atoms with E-state index in [9.17, 15) is 0 Å². The third-order valence-electron chi connectivity index (χ3n) is 3.67. The number of ether oxygens (including phenoxy) is 2. The van der Waals surface area contributed by atoms with E-state index in [0.29, 0.717) is 24.7 Å². The average Bonchev–Trinajstić information content (AvgIpc) is 3.16. The van der Waals surface area contributed by atoms with E-state index < -0.39 is 0 Å². The molecule has 2 atom stereocenters. The molecular formula is C15H19N3O3. The molecule has 2 aromatic rings. The molecular weight excluding hydrogens is 270 g/mol. The Bertz CT molecular complexity index is 599. The first-order valence-electron chi connectivity index (χ1n) is 7.10. The van der Waals surface area contributed by atoms with Crippen LogP contribution >= 0.6 is 0 Å². The van der Waals surface area contributed by atoms with Crippen LogP contribution in [-0.4, -0.2) is 29.9 Å². The summed E-state index contributed by atoms with van der Waals surface area (Å²) in [6, 6.07) is 7.81. The zero-order valence-electron chi connectivity index (χ0n) is 12.0. The maximum absolute atomic E-state index is 5.76. The van der Waals surface area contributed by atoms with Crippen molar-refractivity contribution in [2.45, 2.75) is 31.5 Å². The summed E-state index contributed by atoms with van der Waals surface area (Å²) in [5.74, 6) is 1.99. The molecule has 6 nitrogen and oxygen atoms in total. The van der Waals surface area contributed by atoms with Gasteiger partial charge in [0.25, 0.3) is 5.89 Å². The molecule has 2 heterocycles. The molecule has 6 heteroatoms. The fourth-order valence-corrected chi connectivity index (χ4v) is 2.55. The van der Waals surface area contributed by atoms with Crippen molar-refractivity contribution in [3.8, 4) is 5.75 Å². The zero-order chi connectivity index (χ0) is 14.7. The van der Waals surface area contributed by atoms with Gasteiger partial charge in [0, 0.05) is 18.5 Å². The summed E-state index contributed by atoms with van der Waals surface area (Å²) >= 11 is 0. The topological polar surface area (TPSA) is 83.4 Å². The molecule has 2 N–H and O–H groups in total. The van der Waals surface area contributed by atoms with Gasteiger partial charge in [-0.2, -0.15) is 4.98 Å². The largest absolute Gasteiger partial charge is 0.496 e. The molecule has 1 saturated heterocycles. The normalized spacial score (nSPS) is 21.6. The van der Waals surface area contributed by atoms with Crippen LogP contribution in [0.1, 0.15) is 36.2 Å². The number of hydrogen-bond donors (Lipinski definition) is 1. The Morgan fingerprint density at radius 2 is 2.19 bits per heavy atom. The first kappa shape index (κ1) is 14.0. The molecule has 2 unspecified atom stereocenters. The molecule has 1 aromatic heterocycles. The average molecular weight is 289 g/mol. The van der Waals surface area contributed by atoms with E-state index in [4.69, 9.17) is 19.7 Å². The van der Waals surface area contributed by atoms with Crippen molar-refractivity contribution in [1.82, 2.24) is 10.1 Å². The molecule has 1 aliphatic rings. The van der Waals surface area contributed by atoms with Gasteiger partial charge in [-0.05, 0) is 18.9 Å². The Morgan fingerprint density at radius 3 is 2.95 bits per heavy atom. The number of hydrogen-bond acceptors (Lipinski definition) is 6. The Morgan fingerprint density at radius 1 is 1.33 bits per heavy atom. The van der Waals surface area contributed by atoms with Gasteiger partial charge in [-0.15, -0.1) is 0 Å². The van der Waals surface area contributed by atoms with Crippen molar-refractivity contribution in [2.75, 3.05) is 13.7 Å². The lowest BCUT2D eigenvalue weighted by molar-refractivity contribution is 0.0307. The van der Waals surface area contributed by atoms with E-state index >= 15 is 0 Å². The monoisotopic (exact) mass is 289 g/mol. The summed E-state index contributed by atoms with van der Waals surface area (Å²) in [7, 11) is 1.65. The van der Waals surface area contributed by atoms with Gasteiger partial charge in [0.2, 0.25) is 0 Å². The first-order chi connectivity index (χ1) is 10.3. The minimum absolute atomic E-state index is 0.0968. The lowest BCUT2D eigenvalue weighted by atomic mass is 10.1. The van der Waals surface area contributed by atoms with Gasteiger partial charge in [0.1, 0.15) is 11.9 Å². The molecule has 0 bridgehead atoms. The number of nitrogens with two attached hydrogens (primary N) is 1. The number of para-hydroxylation sites is 1. The quantitative estimate of drug-likeness (QED) is 0.904. The van der Waals surface area contributed by atoms with Crippen LogP contribution in [0.3, 0.4) is 0 Å². The van der Waals surface area contributed by atoms with E-state index in [1.807, 2.05) is 24.3 Å². The third-order valence-corrected chi connectivity index (χ3v) is 3.67. The Hall–Kier alpha value is -1.92. The third kappa shape index (κ3) is 3.06. The number of methoxy groups -OCH3 is 1. The van der Waals surface area contributed by atoms with Crippen LogP contribution in [0.2, 0.25) is 0 Å². The second kappa shape index (κ2) is 6.24. The molecule has 1 aromatic carbocycles. The molecule has 21 heavy (non-hydrogen) atoms. The molecule has 0 amide bonds. The molecule has 0 spiro atoms. The molecule has 0 saturated carbocycles. The Kier molecular flexibility index (Phi) is 4.17. The van der Waals surface area contributed by atoms with Crippen LogP contribution in [-0.2, 0) is 11.2 Å². The molecule has 0 aliphatic carbocycles. The van der Waals surface area contributed by atoms with Crippen LogP contribution in [0.5, 0.6) is 5.75 Å². The summed E-state index contributed by atoms with van der Waals surface area (Å²) in [5.41, 5.74) is 6.64. The first-order valence-corrected chi connectivity index (χ1v) is 7.10. The van der Waals surface area contributed by atoms with E-state index in [1.165, 1.54) is 0 Å². The van der Waals surface area contributed by atoms with E-state index in [1.54, 1.807) is 7.11 Å². The van der Waals surface area contributed by atoms with Crippen molar-refractivity contribution in [1.29, 1.82) is 0 Å². The van der Waals surface area contributed by atoms with Crippen molar-refractivity contribution < 1.29 is 14.0 Å². The number of rotatable bonds is 5. The van der Waals surface area contributed by atoms with Crippen LogP contribution < -0.4 is 10.5 Å². The standard InChI is InChI=1S/C15H19N3O3/c1-19-12-5-3-2-4-10(12)8-14-17-15(21-18-14)13-7-6-11(9-16)20-13/h2-5,11,13H,6-9,16H2,1H3. The van der Waals surface area contributed by atoms with Crippen LogP contribution in [0, 0.1) is 0 Å². The lowest BCUT2D eigenvalue weighted by Crippen LogP contribution is -2.18. The summed E-state index contributed by atoms with van der Waals surface area (Å²) in [4.78, 5) is 4.43. The van der Waals surface area contributed by atoms with Crippen LogP contribution in [0.4, 0.5) is 0 Å². The SMILES string of the molecule is COc1ccccc1Cc1noc(C2CCC(CN)O2)n1. The van der Waals surface area contributed by atoms with Crippen LogP contribution in [0.25, 0.3) is 0 Å². The lowest BCUT2D eigenvalue weighted by Gasteiger charge is -2.07. The second-order valence-corrected chi connectivity index (χ2v) is 5.10. The highest BCUT2D eigenvalue weighted by Gasteiger charge is 2.29. The highest BCUT2D eigenvalue weighted by atomic mass is 16.5. The van der Waals surface area contributed by atoms with Crippen molar-refractivity contribution in [3.05, 3.63) is 41.5 Å². The van der Waals surface area contributed by atoms with Crippen molar-refractivity contribution in [2.24, 2.45) is 5.73 Å². The van der Waals surface area contributed by atoms with Gasteiger partial charge in [-0.1, -0.05) is 23.4 Å². The highest BCUT2D eigenvalue weighted by molar-refractivity contribution is 5.35. The van der Waals surface area contributed by atoms with Gasteiger partial charge < -0.3 is 19.7 Å². The maximum atomic E-state index is 5.76. The minimum atomic E-state index is -0.127. The Labute approximate surface area is 123 Å². The summed E-state index contributed by atoms with van der Waals surface area (Å²) in [6.45, 7) is 0.526. The van der Waals surface area contributed by atoms with Crippen LogP contribution in [0.15, 0.2) is 28.8 Å². The summed E-state index contributed by atoms with van der Waals surface area (Å²) < 4.78 is 16.4. The maximum Gasteiger partial charge on any atom is 0.255 e. The number of nitrogens with zero attached hydrogens (tertiary/aromatic N) is 2. The van der Waals surface area contributed by atoms with Gasteiger partial charge in [0.05, 0.1) is 13.2 Å². The number of aromatic nitrogens is 2. The molecule has 112 valence electrons. The molecule has 3 rings (SSSR count). The number of benzene rings is 1. The fourth-order valence-electron chi connectivity index (χ4n) is 2.55. The highest BCUT2D eigenvalue weighted by Crippen LogP contribution is 2.31. The molecule has 1 fully saturated rings. The van der Waals surface area contributed by atoms with Gasteiger partial charge in [0.15, 0.2) is 5.82 Å². The van der Waals surface area contributed by atoms with E-state index in [-0.39, 0.29) is 12.2 Å². The smallest absolute Gasteiger partial charge is 0.255 e. The Balaban J connectivity index is 1.71. The zero-order valence-corrected chi connectivity index (χ0v) is 12.0. The predicted octanol–water partition coefficient (Wildman–Crippen LogP) is 1.85. The van der Waals surface area contributed by atoms with Crippen molar-refractivity contribution >= 4 is 0 Å². The van der Waals surface area contributed by atoms with Crippen molar-refractivity contribution in [3.63, 3.8) is 0 Å². The second-order valence-electron chi connectivity index (χ2n) is 5.10. The summed E-state index contributed by atoms with van der Waals surface area (Å²) in [6.07, 6.45) is 2.35. The fraction of sp³-hybridized carbons (Fsp3) is 0.467. The molecule has 0 radical (unpaired) electrons. The van der Waals surface area contributed by atoms with Gasteiger partial charge in [-0.25, -0.2) is 0 Å². The molecule has 1 aliphatic heterocycles. The van der Waals surface area contributed by atoms with Gasteiger partial charge >= 0.3 is 0 Å². The van der Waals surface area contributed by atoms with E-state index in [0.717, 1.165) is 24.2 Å². The van der Waals surface area contributed by atoms with E-state index in [2.05, 4.69) is 10.1 Å². The predicted molar refractivity (Wildman–Crippen MR) is 76.0 cm³/mol. The summed E-state index contributed by atoms with van der Waals surface area (Å²) in [5, 5.41) is 4.03. The van der Waals surface area contributed by atoms with Gasteiger partial charge in [-0.3, -0.25) is 0 Å². The minimum Gasteiger partial charge on any atom is -0.496 e.